The maximum Gasteiger partial charge on any atom is 0.0745 e. The molecule has 3 heterocycles. The van der Waals surface area contributed by atoms with Crippen LogP contribution in [0.5, 0.6) is 0 Å². The highest BCUT2D eigenvalue weighted by Gasteiger charge is 2.24. The molecule has 5 heteroatoms. The van der Waals surface area contributed by atoms with E-state index in [2.05, 4.69) is 45.5 Å². The van der Waals surface area contributed by atoms with Crippen LogP contribution in [0.15, 0.2) is 41.5 Å². The van der Waals surface area contributed by atoms with Gasteiger partial charge in [-0.05, 0) is 59.7 Å². The maximum atomic E-state index is 6.36. The molecule has 6 rings (SSSR count). The lowest BCUT2D eigenvalue weighted by molar-refractivity contribution is 0.579. The zero-order valence-corrected chi connectivity index (χ0v) is 14.9. The second-order valence-corrected chi connectivity index (χ2v) is 7.59. The molecular formula is C22H19N5. The van der Waals surface area contributed by atoms with Gasteiger partial charge < -0.3 is 5.73 Å². The summed E-state index contributed by atoms with van der Waals surface area (Å²) >= 11 is 0. The molecule has 1 aliphatic carbocycles. The summed E-state index contributed by atoms with van der Waals surface area (Å²) in [5.41, 5.74) is 15.8. The van der Waals surface area contributed by atoms with E-state index >= 15 is 0 Å². The second kappa shape index (κ2) is 5.47. The predicted molar refractivity (Wildman–Crippen MR) is 108 cm³/mol. The smallest absolute Gasteiger partial charge is 0.0745 e. The largest absolute Gasteiger partial charge is 0.327 e. The van der Waals surface area contributed by atoms with Gasteiger partial charge in [0.05, 0.1) is 29.5 Å². The number of nitrogens with one attached hydrogen (secondary N) is 1. The first-order valence-electron chi connectivity index (χ1n) is 9.44. The zero-order valence-electron chi connectivity index (χ0n) is 14.9. The predicted octanol–water partition coefficient (Wildman–Crippen LogP) is 3.53. The normalized spacial score (nSPS) is 18.2. The highest BCUT2D eigenvalue weighted by Crippen LogP contribution is 2.38. The summed E-state index contributed by atoms with van der Waals surface area (Å²) < 4.78 is 0. The summed E-state index contributed by atoms with van der Waals surface area (Å²) in [6, 6.07) is 10.9. The molecule has 0 spiro atoms. The summed E-state index contributed by atoms with van der Waals surface area (Å²) in [6.07, 6.45) is 6.75. The van der Waals surface area contributed by atoms with Gasteiger partial charge in [-0.2, -0.15) is 5.10 Å². The molecule has 0 saturated heterocycles. The minimum absolute atomic E-state index is 0.190. The van der Waals surface area contributed by atoms with Gasteiger partial charge in [0.2, 0.25) is 0 Å². The van der Waals surface area contributed by atoms with Crippen LogP contribution in [-0.2, 0) is 19.4 Å². The molecule has 0 radical (unpaired) electrons. The molecule has 3 N–H and O–H groups in total. The number of nitrogens with zero attached hydrogens (tertiary/aromatic N) is 3. The second-order valence-electron chi connectivity index (χ2n) is 7.59. The average molecular weight is 353 g/mol. The third kappa shape index (κ3) is 2.18. The summed E-state index contributed by atoms with van der Waals surface area (Å²) in [7, 11) is 0. The number of rotatable bonds is 1. The number of hydrogen-bond donors (Lipinski definition) is 2. The first kappa shape index (κ1) is 15.1. The number of aryl methyl sites for hydroxylation is 1. The molecule has 0 bridgehead atoms. The number of benzene rings is 2. The van der Waals surface area contributed by atoms with E-state index in [4.69, 9.17) is 10.7 Å². The van der Waals surface area contributed by atoms with Gasteiger partial charge in [0.15, 0.2) is 0 Å². The van der Waals surface area contributed by atoms with Crippen molar-refractivity contribution in [2.75, 3.05) is 0 Å². The fourth-order valence-corrected chi connectivity index (χ4v) is 4.58. The summed E-state index contributed by atoms with van der Waals surface area (Å²) in [5.74, 6) is 0. The molecule has 0 saturated carbocycles. The molecule has 132 valence electrons. The van der Waals surface area contributed by atoms with Crippen LogP contribution < -0.4 is 5.73 Å². The SMILES string of the molecule is NC1CCc2c(c(-c3ccc4c(c3)C=NC4)nc3ccc4[nH]ncc4c23)C1. The molecule has 1 atom stereocenters. The van der Waals surface area contributed by atoms with E-state index < -0.39 is 0 Å². The Balaban J connectivity index is 1.68. The molecule has 2 aromatic heterocycles. The minimum atomic E-state index is 0.190. The minimum Gasteiger partial charge on any atom is -0.327 e. The van der Waals surface area contributed by atoms with Crippen molar-refractivity contribution < 1.29 is 0 Å². The molecular weight excluding hydrogens is 334 g/mol. The van der Waals surface area contributed by atoms with Gasteiger partial charge in [-0.1, -0.05) is 12.1 Å². The number of aliphatic imine (C=N–C) groups is 1. The molecule has 1 unspecified atom stereocenters. The fraction of sp³-hybridized carbons (Fsp3) is 0.227. The van der Waals surface area contributed by atoms with E-state index in [0.29, 0.717) is 0 Å². The lowest BCUT2D eigenvalue weighted by atomic mass is 9.83. The number of aromatic amines is 1. The van der Waals surface area contributed by atoms with Gasteiger partial charge in [-0.15, -0.1) is 0 Å². The third-order valence-electron chi connectivity index (χ3n) is 5.93. The molecule has 5 nitrogen and oxygen atoms in total. The Labute approximate surface area is 156 Å². The Bertz CT molecular complexity index is 1250. The maximum absolute atomic E-state index is 6.36. The van der Waals surface area contributed by atoms with Crippen LogP contribution in [0, 0.1) is 0 Å². The Morgan fingerprint density at radius 3 is 3.04 bits per heavy atom. The third-order valence-corrected chi connectivity index (χ3v) is 5.93. The van der Waals surface area contributed by atoms with Gasteiger partial charge in [0.25, 0.3) is 0 Å². The van der Waals surface area contributed by atoms with Gasteiger partial charge in [0.1, 0.15) is 0 Å². The standard InChI is InChI=1S/C22H19N5/c23-15-3-4-16-17(8-15)22(12-1-2-13-9-24-10-14(13)7-12)26-20-6-5-19-18(21(16)20)11-25-27-19/h1-2,5-7,10-11,15H,3-4,8-9,23H2,(H,25,27). The fourth-order valence-electron chi connectivity index (χ4n) is 4.58. The van der Waals surface area contributed by atoms with Crippen molar-refractivity contribution in [3.63, 3.8) is 0 Å². The number of H-pyrrole nitrogens is 1. The van der Waals surface area contributed by atoms with Gasteiger partial charge >= 0.3 is 0 Å². The summed E-state index contributed by atoms with van der Waals surface area (Å²) in [6.45, 7) is 0.780. The van der Waals surface area contributed by atoms with Crippen LogP contribution in [0.3, 0.4) is 0 Å². The van der Waals surface area contributed by atoms with Crippen LogP contribution in [0.25, 0.3) is 33.1 Å². The molecule has 2 aliphatic rings. The van der Waals surface area contributed by atoms with Crippen molar-refractivity contribution >= 4 is 28.0 Å². The number of aromatic nitrogens is 3. The van der Waals surface area contributed by atoms with Crippen molar-refractivity contribution in [3.05, 3.63) is 58.8 Å². The molecule has 4 aromatic rings. The number of pyridine rings is 1. The van der Waals surface area contributed by atoms with E-state index in [1.54, 1.807) is 0 Å². The van der Waals surface area contributed by atoms with Gasteiger partial charge in [0, 0.05) is 28.6 Å². The Kier molecular flexibility index (Phi) is 3.05. The number of fused-ring (bicyclic) bond motifs is 6. The molecule has 0 fully saturated rings. The van der Waals surface area contributed by atoms with E-state index in [-0.39, 0.29) is 6.04 Å². The molecule has 0 amide bonds. The number of nitrogens with two attached hydrogens (primary N) is 1. The van der Waals surface area contributed by atoms with Crippen LogP contribution >= 0.6 is 0 Å². The summed E-state index contributed by atoms with van der Waals surface area (Å²) in [4.78, 5) is 9.49. The Hall–Kier alpha value is -3.05. The van der Waals surface area contributed by atoms with E-state index in [0.717, 1.165) is 53.5 Å². The monoisotopic (exact) mass is 353 g/mol. The topological polar surface area (TPSA) is 80.0 Å². The van der Waals surface area contributed by atoms with Crippen molar-refractivity contribution in [2.24, 2.45) is 10.7 Å². The lowest BCUT2D eigenvalue weighted by Crippen LogP contribution is -2.28. The first-order chi connectivity index (χ1) is 13.3. The highest BCUT2D eigenvalue weighted by molar-refractivity contribution is 6.07. The van der Waals surface area contributed by atoms with Crippen LogP contribution in [-0.4, -0.2) is 27.4 Å². The molecule has 27 heavy (non-hydrogen) atoms. The Morgan fingerprint density at radius 1 is 1.11 bits per heavy atom. The van der Waals surface area contributed by atoms with Crippen molar-refractivity contribution in [1.82, 2.24) is 15.2 Å². The Morgan fingerprint density at radius 2 is 2.07 bits per heavy atom. The lowest BCUT2D eigenvalue weighted by Gasteiger charge is -2.25. The molecule has 1 aliphatic heterocycles. The van der Waals surface area contributed by atoms with E-state index in [1.165, 1.54) is 27.6 Å². The van der Waals surface area contributed by atoms with E-state index in [9.17, 15) is 0 Å². The zero-order chi connectivity index (χ0) is 18.0. The van der Waals surface area contributed by atoms with Crippen molar-refractivity contribution in [2.45, 2.75) is 31.8 Å². The summed E-state index contributed by atoms with van der Waals surface area (Å²) in [5, 5.41) is 9.71. The first-order valence-corrected chi connectivity index (χ1v) is 9.44. The van der Waals surface area contributed by atoms with Crippen LogP contribution in [0.1, 0.15) is 28.7 Å². The molecule has 2 aromatic carbocycles. The quantitative estimate of drug-likeness (QED) is 0.549. The van der Waals surface area contributed by atoms with Crippen LogP contribution in [0.4, 0.5) is 0 Å². The average Bonchev–Trinajstić information content (AvgIpc) is 3.35. The van der Waals surface area contributed by atoms with Crippen molar-refractivity contribution in [3.8, 4) is 11.3 Å². The van der Waals surface area contributed by atoms with Gasteiger partial charge in [-0.3, -0.25) is 10.1 Å². The highest BCUT2D eigenvalue weighted by atomic mass is 15.1. The van der Waals surface area contributed by atoms with Crippen molar-refractivity contribution in [1.29, 1.82) is 0 Å². The van der Waals surface area contributed by atoms with Crippen LogP contribution in [0.2, 0.25) is 0 Å². The van der Waals surface area contributed by atoms with E-state index in [1.807, 2.05) is 12.4 Å². The van der Waals surface area contributed by atoms with Gasteiger partial charge in [-0.25, -0.2) is 4.98 Å². The number of hydrogen-bond acceptors (Lipinski definition) is 4.